The first-order valence-corrected chi connectivity index (χ1v) is 10.9. The zero-order valence-corrected chi connectivity index (χ0v) is 17.4. The Morgan fingerprint density at radius 3 is 2.75 bits per heavy atom. The number of halogens is 1. The molecule has 150 valence electrons. The molecule has 0 spiro atoms. The number of hydrogen-bond acceptors (Lipinski definition) is 4. The van der Waals surface area contributed by atoms with E-state index in [0.717, 1.165) is 24.0 Å². The molecule has 0 radical (unpaired) electrons. The molecule has 3 rings (SSSR count). The lowest BCUT2D eigenvalue weighted by molar-refractivity contribution is 0.0857. The van der Waals surface area contributed by atoms with Gasteiger partial charge in [-0.3, -0.25) is 9.52 Å². The second-order valence-electron chi connectivity index (χ2n) is 6.84. The van der Waals surface area contributed by atoms with Gasteiger partial charge in [0.15, 0.2) is 0 Å². The predicted octanol–water partition coefficient (Wildman–Crippen LogP) is 3.67. The Labute approximate surface area is 170 Å². The fourth-order valence-corrected chi connectivity index (χ4v) is 4.68. The van der Waals surface area contributed by atoms with Gasteiger partial charge < -0.3 is 10.1 Å². The number of aryl methyl sites for hydroxylation is 1. The number of ether oxygens (including phenoxy) is 1. The molecule has 1 fully saturated rings. The molecule has 0 unspecified atom stereocenters. The van der Waals surface area contributed by atoms with Crippen LogP contribution in [0.2, 0.25) is 5.02 Å². The second kappa shape index (κ2) is 8.51. The summed E-state index contributed by atoms with van der Waals surface area (Å²) in [4.78, 5) is 12.3. The summed E-state index contributed by atoms with van der Waals surface area (Å²) >= 11 is 6.13. The number of rotatable bonds is 6. The monoisotopic (exact) mass is 422 g/mol. The van der Waals surface area contributed by atoms with E-state index in [1.54, 1.807) is 12.1 Å². The standard InChI is InChI=1S/C20H23ClN2O4S/c1-13-5-3-7-18(14(13)2)23-28(25,26)19-11-15(8-9-17(19)21)20(24)22-12-16-6-4-10-27-16/h3,5,7-9,11,16,23H,4,6,10,12H2,1-2H3,(H,22,24)/t16-/m1/s1. The van der Waals surface area contributed by atoms with Crippen molar-refractivity contribution in [3.05, 3.63) is 58.1 Å². The topological polar surface area (TPSA) is 84.5 Å². The van der Waals surface area contributed by atoms with Crippen LogP contribution in [0.1, 0.15) is 34.3 Å². The van der Waals surface area contributed by atoms with Crippen LogP contribution in [0.15, 0.2) is 41.3 Å². The van der Waals surface area contributed by atoms with Crippen molar-refractivity contribution in [1.29, 1.82) is 0 Å². The van der Waals surface area contributed by atoms with Crippen molar-refractivity contribution in [1.82, 2.24) is 5.32 Å². The average molecular weight is 423 g/mol. The van der Waals surface area contributed by atoms with Crippen LogP contribution in [-0.2, 0) is 14.8 Å². The highest BCUT2D eigenvalue weighted by Crippen LogP contribution is 2.27. The number of carbonyl (C=O) groups excluding carboxylic acids is 1. The second-order valence-corrected chi connectivity index (χ2v) is 8.90. The highest BCUT2D eigenvalue weighted by Gasteiger charge is 2.22. The lowest BCUT2D eigenvalue weighted by Gasteiger charge is -2.14. The normalized spacial score (nSPS) is 16.8. The van der Waals surface area contributed by atoms with Gasteiger partial charge in [0.2, 0.25) is 0 Å². The lowest BCUT2D eigenvalue weighted by atomic mass is 10.1. The summed E-state index contributed by atoms with van der Waals surface area (Å²) in [5.74, 6) is -0.365. The molecule has 1 saturated heterocycles. The van der Waals surface area contributed by atoms with E-state index in [-0.39, 0.29) is 27.5 Å². The van der Waals surface area contributed by atoms with Gasteiger partial charge in [0, 0.05) is 18.7 Å². The molecule has 0 aliphatic carbocycles. The molecule has 1 heterocycles. The maximum atomic E-state index is 12.9. The quantitative estimate of drug-likeness (QED) is 0.743. The van der Waals surface area contributed by atoms with Crippen LogP contribution in [0.4, 0.5) is 5.69 Å². The number of nitrogens with one attached hydrogen (secondary N) is 2. The molecule has 1 aliphatic rings. The maximum absolute atomic E-state index is 12.9. The first-order chi connectivity index (χ1) is 13.3. The number of hydrogen-bond donors (Lipinski definition) is 2. The number of amides is 1. The number of anilines is 1. The van der Waals surface area contributed by atoms with Crippen LogP contribution >= 0.6 is 11.6 Å². The fraction of sp³-hybridized carbons (Fsp3) is 0.350. The predicted molar refractivity (Wildman–Crippen MR) is 109 cm³/mol. The average Bonchev–Trinajstić information content (AvgIpc) is 3.17. The van der Waals surface area contributed by atoms with Crippen LogP contribution in [0, 0.1) is 13.8 Å². The Bertz CT molecular complexity index is 986. The van der Waals surface area contributed by atoms with Crippen LogP contribution in [0.5, 0.6) is 0 Å². The fourth-order valence-electron chi connectivity index (χ4n) is 3.03. The minimum absolute atomic E-state index is 0.00501. The third kappa shape index (κ3) is 4.66. The Balaban J connectivity index is 1.81. The first kappa shape index (κ1) is 20.6. The van der Waals surface area contributed by atoms with Crippen molar-refractivity contribution >= 4 is 33.2 Å². The van der Waals surface area contributed by atoms with Crippen molar-refractivity contribution in [3.8, 4) is 0 Å². The van der Waals surface area contributed by atoms with Gasteiger partial charge >= 0.3 is 0 Å². The maximum Gasteiger partial charge on any atom is 0.263 e. The third-order valence-electron chi connectivity index (χ3n) is 4.85. The van der Waals surface area contributed by atoms with E-state index in [1.165, 1.54) is 18.2 Å². The summed E-state index contributed by atoms with van der Waals surface area (Å²) in [6.07, 6.45) is 1.89. The zero-order chi connectivity index (χ0) is 20.3. The molecule has 0 aromatic heterocycles. The van der Waals surface area contributed by atoms with E-state index >= 15 is 0 Å². The van der Waals surface area contributed by atoms with E-state index in [9.17, 15) is 13.2 Å². The van der Waals surface area contributed by atoms with Crippen LogP contribution in [0.3, 0.4) is 0 Å². The molecular weight excluding hydrogens is 400 g/mol. The van der Waals surface area contributed by atoms with Gasteiger partial charge in [-0.15, -0.1) is 0 Å². The Hall–Kier alpha value is -2.09. The van der Waals surface area contributed by atoms with E-state index in [1.807, 2.05) is 19.9 Å². The molecule has 8 heteroatoms. The van der Waals surface area contributed by atoms with E-state index in [2.05, 4.69) is 10.0 Å². The molecule has 2 aromatic rings. The SMILES string of the molecule is Cc1cccc(NS(=O)(=O)c2cc(C(=O)NC[C@H]3CCCO3)ccc2Cl)c1C. The molecule has 0 bridgehead atoms. The van der Waals surface area contributed by atoms with Crippen LogP contribution in [0.25, 0.3) is 0 Å². The summed E-state index contributed by atoms with van der Waals surface area (Å²) in [6, 6.07) is 9.58. The molecule has 1 atom stereocenters. The van der Waals surface area contributed by atoms with Gasteiger partial charge in [0.25, 0.3) is 15.9 Å². The number of benzene rings is 2. The largest absolute Gasteiger partial charge is 0.376 e. The van der Waals surface area contributed by atoms with E-state index < -0.39 is 10.0 Å². The molecule has 1 aliphatic heterocycles. The van der Waals surface area contributed by atoms with Crippen molar-refractivity contribution in [2.45, 2.75) is 37.7 Å². The Morgan fingerprint density at radius 1 is 1.25 bits per heavy atom. The van der Waals surface area contributed by atoms with Crippen molar-refractivity contribution in [2.24, 2.45) is 0 Å². The van der Waals surface area contributed by atoms with Crippen LogP contribution < -0.4 is 10.0 Å². The minimum Gasteiger partial charge on any atom is -0.376 e. The van der Waals surface area contributed by atoms with Gasteiger partial charge in [-0.25, -0.2) is 8.42 Å². The number of sulfonamides is 1. The van der Waals surface area contributed by atoms with Gasteiger partial charge in [-0.05, 0) is 62.1 Å². The highest BCUT2D eigenvalue weighted by atomic mass is 35.5. The lowest BCUT2D eigenvalue weighted by Crippen LogP contribution is -2.31. The molecule has 28 heavy (non-hydrogen) atoms. The smallest absolute Gasteiger partial charge is 0.263 e. The molecule has 2 aromatic carbocycles. The van der Waals surface area contributed by atoms with Crippen LogP contribution in [-0.4, -0.2) is 33.6 Å². The Kier molecular flexibility index (Phi) is 6.27. The van der Waals surface area contributed by atoms with Crippen molar-refractivity contribution in [3.63, 3.8) is 0 Å². The highest BCUT2D eigenvalue weighted by molar-refractivity contribution is 7.92. The number of carbonyl (C=O) groups is 1. The van der Waals surface area contributed by atoms with Gasteiger partial charge in [0.05, 0.1) is 16.8 Å². The summed E-state index contributed by atoms with van der Waals surface area (Å²) in [5.41, 5.74) is 2.49. The van der Waals surface area contributed by atoms with E-state index in [0.29, 0.717) is 18.8 Å². The Morgan fingerprint density at radius 2 is 2.04 bits per heavy atom. The van der Waals surface area contributed by atoms with Crippen molar-refractivity contribution in [2.75, 3.05) is 17.9 Å². The zero-order valence-electron chi connectivity index (χ0n) is 15.8. The molecule has 1 amide bonds. The molecule has 2 N–H and O–H groups in total. The molecule has 6 nitrogen and oxygen atoms in total. The summed E-state index contributed by atoms with van der Waals surface area (Å²) in [7, 11) is -3.96. The van der Waals surface area contributed by atoms with Crippen molar-refractivity contribution < 1.29 is 17.9 Å². The summed E-state index contributed by atoms with van der Waals surface area (Å²) in [5, 5.41) is 2.83. The first-order valence-electron chi connectivity index (χ1n) is 9.06. The van der Waals surface area contributed by atoms with E-state index in [4.69, 9.17) is 16.3 Å². The molecule has 0 saturated carbocycles. The summed E-state index contributed by atoms with van der Waals surface area (Å²) < 4.78 is 33.8. The van der Waals surface area contributed by atoms with Gasteiger partial charge in [0.1, 0.15) is 4.90 Å². The summed E-state index contributed by atoms with van der Waals surface area (Å²) in [6.45, 7) is 4.83. The molecular formula is C20H23ClN2O4S. The van der Waals surface area contributed by atoms with Gasteiger partial charge in [-0.2, -0.15) is 0 Å². The van der Waals surface area contributed by atoms with Gasteiger partial charge in [-0.1, -0.05) is 23.7 Å². The minimum atomic E-state index is -3.96. The third-order valence-corrected chi connectivity index (χ3v) is 6.69.